The summed E-state index contributed by atoms with van der Waals surface area (Å²) in [4.78, 5) is 23.7. The molecule has 0 fully saturated rings. The first-order valence-corrected chi connectivity index (χ1v) is 7.11. The van der Waals surface area contributed by atoms with Crippen molar-refractivity contribution in [3.05, 3.63) is 71.3 Å². The molecule has 1 N–H and O–H groups in total. The zero-order valence-corrected chi connectivity index (χ0v) is 12.7. The maximum atomic E-state index is 11.8. The normalized spacial score (nSPS) is 11.1. The van der Waals surface area contributed by atoms with Crippen LogP contribution >= 0.6 is 0 Å². The van der Waals surface area contributed by atoms with Crippen molar-refractivity contribution in [1.82, 2.24) is 5.32 Å². The second-order valence-corrected chi connectivity index (χ2v) is 4.97. The van der Waals surface area contributed by atoms with E-state index in [-0.39, 0.29) is 18.6 Å². The summed E-state index contributed by atoms with van der Waals surface area (Å²) in [6.45, 7) is 1.51. The van der Waals surface area contributed by atoms with E-state index in [1.165, 1.54) is 24.3 Å². The third-order valence-corrected chi connectivity index (χ3v) is 3.26. The van der Waals surface area contributed by atoms with Crippen LogP contribution in [-0.4, -0.2) is 18.5 Å². The van der Waals surface area contributed by atoms with Gasteiger partial charge >= 0.3 is 5.97 Å². The summed E-state index contributed by atoms with van der Waals surface area (Å²) in [6, 6.07) is 17.3. The van der Waals surface area contributed by atoms with Gasteiger partial charge in [0.1, 0.15) is 0 Å². The van der Waals surface area contributed by atoms with Crippen molar-refractivity contribution in [1.29, 1.82) is 5.26 Å². The molecule has 0 spiro atoms. The van der Waals surface area contributed by atoms with Crippen LogP contribution < -0.4 is 5.32 Å². The number of hydrogen-bond donors (Lipinski definition) is 1. The van der Waals surface area contributed by atoms with Gasteiger partial charge in [-0.05, 0) is 36.8 Å². The van der Waals surface area contributed by atoms with Crippen molar-refractivity contribution >= 4 is 11.9 Å². The monoisotopic (exact) mass is 308 g/mol. The molecule has 23 heavy (non-hydrogen) atoms. The van der Waals surface area contributed by atoms with E-state index in [9.17, 15) is 9.59 Å². The number of benzene rings is 2. The van der Waals surface area contributed by atoms with Crippen molar-refractivity contribution in [2.45, 2.75) is 13.0 Å². The van der Waals surface area contributed by atoms with Gasteiger partial charge in [0.15, 0.2) is 6.61 Å². The second kappa shape index (κ2) is 7.76. The number of carbonyl (C=O) groups excluding carboxylic acids is 2. The fourth-order valence-corrected chi connectivity index (χ4v) is 2.00. The van der Waals surface area contributed by atoms with Gasteiger partial charge < -0.3 is 10.1 Å². The van der Waals surface area contributed by atoms with E-state index >= 15 is 0 Å². The summed E-state index contributed by atoms with van der Waals surface area (Å²) >= 11 is 0. The SMILES string of the molecule is C[C@@H](NC(=O)COC(=O)c1ccc(C#N)cc1)c1ccccc1. The number of carbonyl (C=O) groups is 2. The van der Waals surface area contributed by atoms with Gasteiger partial charge in [-0.3, -0.25) is 4.79 Å². The first-order chi connectivity index (χ1) is 11.1. The fourth-order valence-electron chi connectivity index (χ4n) is 2.00. The van der Waals surface area contributed by atoms with Gasteiger partial charge in [-0.2, -0.15) is 5.26 Å². The highest BCUT2D eigenvalue weighted by molar-refractivity contribution is 5.91. The molecule has 0 heterocycles. The lowest BCUT2D eigenvalue weighted by atomic mass is 10.1. The van der Waals surface area contributed by atoms with E-state index in [0.717, 1.165) is 5.56 Å². The predicted octanol–water partition coefficient (Wildman–Crippen LogP) is 2.59. The van der Waals surface area contributed by atoms with Crippen LogP contribution in [0.4, 0.5) is 0 Å². The van der Waals surface area contributed by atoms with Gasteiger partial charge in [-0.1, -0.05) is 30.3 Å². The Labute approximate surface area is 134 Å². The number of nitriles is 1. The van der Waals surface area contributed by atoms with Crippen molar-refractivity contribution in [3.63, 3.8) is 0 Å². The Balaban J connectivity index is 1.84. The van der Waals surface area contributed by atoms with Crippen LogP contribution in [0.15, 0.2) is 54.6 Å². The Bertz CT molecular complexity index is 718. The molecule has 0 aliphatic heterocycles. The van der Waals surface area contributed by atoms with Crippen molar-refractivity contribution < 1.29 is 14.3 Å². The predicted molar refractivity (Wildman–Crippen MR) is 84.4 cm³/mol. The van der Waals surface area contributed by atoms with E-state index in [4.69, 9.17) is 10.00 Å². The first kappa shape index (κ1) is 16.2. The summed E-state index contributed by atoms with van der Waals surface area (Å²) in [6.07, 6.45) is 0. The van der Waals surface area contributed by atoms with Gasteiger partial charge in [0.2, 0.25) is 0 Å². The van der Waals surface area contributed by atoms with Crippen LogP contribution in [-0.2, 0) is 9.53 Å². The lowest BCUT2D eigenvalue weighted by molar-refractivity contribution is -0.124. The third-order valence-electron chi connectivity index (χ3n) is 3.26. The molecular formula is C18H16N2O3. The molecule has 0 bridgehead atoms. The Morgan fingerprint density at radius 2 is 1.78 bits per heavy atom. The molecule has 0 aromatic heterocycles. The zero-order chi connectivity index (χ0) is 16.7. The fraction of sp³-hybridized carbons (Fsp3) is 0.167. The van der Waals surface area contributed by atoms with E-state index < -0.39 is 5.97 Å². The highest BCUT2D eigenvalue weighted by Crippen LogP contribution is 2.11. The van der Waals surface area contributed by atoms with E-state index in [2.05, 4.69) is 5.32 Å². The van der Waals surface area contributed by atoms with Crippen LogP contribution in [0.3, 0.4) is 0 Å². The van der Waals surface area contributed by atoms with E-state index in [1.807, 2.05) is 43.3 Å². The molecule has 0 aliphatic rings. The van der Waals surface area contributed by atoms with Crippen LogP contribution in [0.25, 0.3) is 0 Å². The smallest absolute Gasteiger partial charge is 0.338 e. The lowest BCUT2D eigenvalue weighted by Crippen LogP contribution is -2.31. The lowest BCUT2D eigenvalue weighted by Gasteiger charge is -2.14. The first-order valence-electron chi connectivity index (χ1n) is 7.11. The van der Waals surface area contributed by atoms with Gasteiger partial charge in [0.25, 0.3) is 5.91 Å². The van der Waals surface area contributed by atoms with Crippen LogP contribution in [0, 0.1) is 11.3 Å². The minimum absolute atomic E-state index is 0.169. The Morgan fingerprint density at radius 1 is 1.13 bits per heavy atom. The molecular weight excluding hydrogens is 292 g/mol. The average molecular weight is 308 g/mol. The summed E-state index contributed by atoms with van der Waals surface area (Å²) in [5.41, 5.74) is 1.73. The average Bonchev–Trinajstić information content (AvgIpc) is 2.60. The van der Waals surface area contributed by atoms with Crippen LogP contribution in [0.1, 0.15) is 34.5 Å². The third kappa shape index (κ3) is 4.68. The summed E-state index contributed by atoms with van der Waals surface area (Å²) < 4.78 is 4.97. The topological polar surface area (TPSA) is 79.2 Å². The molecule has 1 atom stereocenters. The highest BCUT2D eigenvalue weighted by Gasteiger charge is 2.13. The molecule has 5 nitrogen and oxygen atoms in total. The molecule has 0 radical (unpaired) electrons. The number of ether oxygens (including phenoxy) is 1. The van der Waals surface area contributed by atoms with Crippen molar-refractivity contribution in [2.75, 3.05) is 6.61 Å². The standard InChI is InChI=1S/C18H16N2O3/c1-13(15-5-3-2-4-6-15)20-17(21)12-23-18(22)16-9-7-14(11-19)8-10-16/h2-10,13H,12H2,1H3,(H,20,21)/t13-/m1/s1. The molecule has 2 aromatic rings. The maximum absolute atomic E-state index is 11.8. The molecule has 0 saturated carbocycles. The van der Waals surface area contributed by atoms with Gasteiger partial charge in [0.05, 0.1) is 23.2 Å². The maximum Gasteiger partial charge on any atom is 0.338 e. The number of nitrogens with zero attached hydrogens (tertiary/aromatic N) is 1. The van der Waals surface area contributed by atoms with Crippen molar-refractivity contribution in [2.24, 2.45) is 0 Å². The summed E-state index contributed by atoms with van der Waals surface area (Å²) in [5.74, 6) is -0.972. The molecule has 0 aliphatic carbocycles. The number of nitrogens with one attached hydrogen (secondary N) is 1. The number of hydrogen-bond acceptors (Lipinski definition) is 4. The summed E-state index contributed by atoms with van der Waals surface area (Å²) in [5, 5.41) is 11.5. The molecule has 2 rings (SSSR count). The van der Waals surface area contributed by atoms with Crippen LogP contribution in [0.5, 0.6) is 0 Å². The largest absolute Gasteiger partial charge is 0.452 e. The van der Waals surface area contributed by atoms with Gasteiger partial charge in [-0.25, -0.2) is 4.79 Å². The Morgan fingerprint density at radius 3 is 2.39 bits per heavy atom. The van der Waals surface area contributed by atoms with Crippen LogP contribution in [0.2, 0.25) is 0 Å². The quantitative estimate of drug-likeness (QED) is 0.861. The molecule has 116 valence electrons. The van der Waals surface area contributed by atoms with Gasteiger partial charge in [-0.15, -0.1) is 0 Å². The Hall–Kier alpha value is -3.13. The number of amides is 1. The van der Waals surface area contributed by atoms with Gasteiger partial charge in [0, 0.05) is 0 Å². The van der Waals surface area contributed by atoms with E-state index in [1.54, 1.807) is 0 Å². The Kier molecular flexibility index (Phi) is 5.48. The molecule has 2 aromatic carbocycles. The zero-order valence-electron chi connectivity index (χ0n) is 12.7. The minimum atomic E-state index is -0.600. The molecule has 5 heteroatoms. The highest BCUT2D eigenvalue weighted by atomic mass is 16.5. The molecule has 0 saturated heterocycles. The molecule has 1 amide bonds. The van der Waals surface area contributed by atoms with E-state index in [0.29, 0.717) is 11.1 Å². The van der Waals surface area contributed by atoms with Crippen molar-refractivity contribution in [3.8, 4) is 6.07 Å². The number of esters is 1. The number of rotatable bonds is 5. The second-order valence-electron chi connectivity index (χ2n) is 4.97. The minimum Gasteiger partial charge on any atom is -0.452 e. The molecule has 0 unspecified atom stereocenters. The summed E-state index contributed by atoms with van der Waals surface area (Å²) in [7, 11) is 0.